The topological polar surface area (TPSA) is 71.3 Å². The number of nitrogens with one attached hydrogen (secondary N) is 1. The summed E-state index contributed by atoms with van der Waals surface area (Å²) in [6, 6.07) is 16.9. The minimum absolute atomic E-state index is 0.110. The summed E-state index contributed by atoms with van der Waals surface area (Å²) in [4.78, 5) is 25.8. The number of aromatic hydroxyl groups is 1. The number of hydrogen-bond donors (Lipinski definition) is 2. The van der Waals surface area contributed by atoms with Crippen molar-refractivity contribution in [3.05, 3.63) is 98.9 Å². The van der Waals surface area contributed by atoms with E-state index in [1.165, 1.54) is 28.0 Å². The van der Waals surface area contributed by atoms with Gasteiger partial charge in [0, 0.05) is 6.54 Å². The molecule has 0 radical (unpaired) electrons. The highest BCUT2D eigenvalue weighted by Crippen LogP contribution is 2.31. The van der Waals surface area contributed by atoms with E-state index in [2.05, 4.69) is 5.32 Å². The molecule has 0 bridgehead atoms. The maximum absolute atomic E-state index is 13.1. The Balaban J connectivity index is 1.70. The van der Waals surface area contributed by atoms with Crippen molar-refractivity contribution >= 4 is 27.5 Å². The molecule has 0 atom stereocenters. The Morgan fingerprint density at radius 2 is 1.76 bits per heavy atom. The third kappa shape index (κ3) is 3.77. The fraction of sp³-hybridized carbons (Fsp3) is 0.0909. The molecule has 4 rings (SSSR count). The van der Waals surface area contributed by atoms with Crippen molar-refractivity contribution in [2.75, 3.05) is 0 Å². The van der Waals surface area contributed by atoms with E-state index in [-0.39, 0.29) is 30.2 Å². The predicted octanol–water partition coefficient (Wildman–Crippen LogP) is 3.89. The van der Waals surface area contributed by atoms with Crippen LogP contribution in [0.4, 0.5) is 4.39 Å². The molecule has 2 aromatic carbocycles. The molecular weight excluding hydrogens is 391 g/mol. The Morgan fingerprint density at radius 1 is 1.03 bits per heavy atom. The highest BCUT2D eigenvalue weighted by Gasteiger charge is 2.23. The fourth-order valence-corrected chi connectivity index (χ4v) is 4.00. The molecular formula is C22H17FN2O3S. The van der Waals surface area contributed by atoms with Gasteiger partial charge in [0.2, 0.25) is 0 Å². The van der Waals surface area contributed by atoms with E-state index in [1.54, 1.807) is 23.6 Å². The lowest BCUT2D eigenvalue weighted by Crippen LogP contribution is -2.33. The van der Waals surface area contributed by atoms with Crippen LogP contribution in [-0.2, 0) is 13.1 Å². The molecule has 2 N–H and O–H groups in total. The van der Waals surface area contributed by atoms with Gasteiger partial charge in [0.1, 0.15) is 11.4 Å². The van der Waals surface area contributed by atoms with E-state index in [1.807, 2.05) is 30.3 Å². The van der Waals surface area contributed by atoms with Crippen molar-refractivity contribution in [3.63, 3.8) is 0 Å². The summed E-state index contributed by atoms with van der Waals surface area (Å²) in [6.07, 6.45) is 0. The molecule has 2 aromatic heterocycles. The van der Waals surface area contributed by atoms with Gasteiger partial charge in [-0.25, -0.2) is 4.39 Å². The third-order valence-corrected chi connectivity index (χ3v) is 5.53. The van der Waals surface area contributed by atoms with Crippen LogP contribution in [0, 0.1) is 5.82 Å². The van der Waals surface area contributed by atoms with Crippen molar-refractivity contribution in [2.24, 2.45) is 0 Å². The molecule has 0 spiro atoms. The van der Waals surface area contributed by atoms with E-state index in [9.17, 15) is 19.1 Å². The molecule has 0 saturated heterocycles. The van der Waals surface area contributed by atoms with Crippen LogP contribution in [0.2, 0.25) is 0 Å². The van der Waals surface area contributed by atoms with Gasteiger partial charge >= 0.3 is 0 Å². The first-order valence-corrected chi connectivity index (χ1v) is 9.82. The SMILES string of the molecule is O=C(NCc1ccc(F)cc1)c1c(O)c2sccc2n(Cc2ccccc2)c1=O. The molecule has 2 heterocycles. The zero-order chi connectivity index (χ0) is 20.4. The van der Waals surface area contributed by atoms with Gasteiger partial charge in [0.05, 0.1) is 16.8 Å². The molecule has 0 aliphatic heterocycles. The Labute approximate surface area is 169 Å². The summed E-state index contributed by atoms with van der Waals surface area (Å²) in [7, 11) is 0. The van der Waals surface area contributed by atoms with E-state index in [0.29, 0.717) is 15.8 Å². The molecule has 5 nitrogen and oxygen atoms in total. The number of pyridine rings is 1. The monoisotopic (exact) mass is 408 g/mol. The van der Waals surface area contributed by atoms with Crippen molar-refractivity contribution in [2.45, 2.75) is 13.1 Å². The Bertz CT molecular complexity index is 1230. The molecule has 0 unspecified atom stereocenters. The highest BCUT2D eigenvalue weighted by molar-refractivity contribution is 7.17. The van der Waals surface area contributed by atoms with E-state index < -0.39 is 11.5 Å². The summed E-state index contributed by atoms with van der Waals surface area (Å²) in [5.74, 6) is -1.36. The number of amides is 1. The molecule has 4 aromatic rings. The van der Waals surface area contributed by atoms with Gasteiger partial charge in [-0.2, -0.15) is 0 Å². The molecule has 146 valence electrons. The predicted molar refractivity (Wildman–Crippen MR) is 111 cm³/mol. The van der Waals surface area contributed by atoms with Crippen molar-refractivity contribution in [1.82, 2.24) is 9.88 Å². The molecule has 1 amide bonds. The van der Waals surface area contributed by atoms with Crippen LogP contribution in [0.5, 0.6) is 5.75 Å². The zero-order valence-corrected chi connectivity index (χ0v) is 16.1. The van der Waals surface area contributed by atoms with Gasteiger partial charge < -0.3 is 15.0 Å². The quantitative estimate of drug-likeness (QED) is 0.526. The van der Waals surface area contributed by atoms with Crippen LogP contribution >= 0.6 is 11.3 Å². The van der Waals surface area contributed by atoms with Crippen molar-refractivity contribution < 1.29 is 14.3 Å². The number of hydrogen-bond acceptors (Lipinski definition) is 4. The number of carbonyl (C=O) groups excluding carboxylic acids is 1. The number of nitrogens with zero attached hydrogens (tertiary/aromatic N) is 1. The van der Waals surface area contributed by atoms with Gasteiger partial charge in [-0.3, -0.25) is 9.59 Å². The van der Waals surface area contributed by atoms with Crippen LogP contribution in [0.1, 0.15) is 21.5 Å². The molecule has 29 heavy (non-hydrogen) atoms. The maximum atomic E-state index is 13.1. The van der Waals surface area contributed by atoms with Gasteiger partial charge in [-0.15, -0.1) is 11.3 Å². The van der Waals surface area contributed by atoms with Crippen LogP contribution in [-0.4, -0.2) is 15.6 Å². The Morgan fingerprint density at radius 3 is 2.48 bits per heavy atom. The molecule has 0 aliphatic rings. The molecule has 0 aliphatic carbocycles. The maximum Gasteiger partial charge on any atom is 0.268 e. The minimum atomic E-state index is -0.672. The smallest absolute Gasteiger partial charge is 0.268 e. The first-order valence-electron chi connectivity index (χ1n) is 8.94. The number of benzene rings is 2. The second-order valence-corrected chi connectivity index (χ2v) is 7.46. The summed E-state index contributed by atoms with van der Waals surface area (Å²) < 4.78 is 15.0. The molecule has 7 heteroatoms. The van der Waals surface area contributed by atoms with Crippen LogP contribution in [0.25, 0.3) is 10.2 Å². The lowest BCUT2D eigenvalue weighted by molar-refractivity contribution is 0.0946. The average Bonchev–Trinajstić information content (AvgIpc) is 3.22. The number of thiophene rings is 1. The minimum Gasteiger partial charge on any atom is -0.505 e. The normalized spacial score (nSPS) is 10.9. The summed E-state index contributed by atoms with van der Waals surface area (Å²) >= 11 is 1.26. The largest absolute Gasteiger partial charge is 0.505 e. The average molecular weight is 408 g/mol. The van der Waals surface area contributed by atoms with E-state index in [0.717, 1.165) is 5.56 Å². The van der Waals surface area contributed by atoms with Crippen LogP contribution < -0.4 is 10.9 Å². The van der Waals surface area contributed by atoms with E-state index in [4.69, 9.17) is 0 Å². The Kier molecular flexibility index (Phi) is 5.14. The second kappa shape index (κ2) is 7.89. The van der Waals surface area contributed by atoms with Crippen molar-refractivity contribution in [1.29, 1.82) is 0 Å². The summed E-state index contributed by atoms with van der Waals surface area (Å²) in [5.41, 5.74) is 1.31. The number of rotatable bonds is 5. The Hall–Kier alpha value is -3.45. The first-order chi connectivity index (χ1) is 14.0. The van der Waals surface area contributed by atoms with E-state index >= 15 is 0 Å². The van der Waals surface area contributed by atoms with Crippen LogP contribution in [0.15, 0.2) is 70.8 Å². The lowest BCUT2D eigenvalue weighted by atomic mass is 10.1. The molecule has 0 saturated carbocycles. The zero-order valence-electron chi connectivity index (χ0n) is 15.3. The van der Waals surface area contributed by atoms with Gasteiger partial charge in [0.25, 0.3) is 11.5 Å². The second-order valence-electron chi connectivity index (χ2n) is 6.54. The molecule has 0 fully saturated rings. The summed E-state index contributed by atoms with van der Waals surface area (Å²) in [5, 5.41) is 15.0. The van der Waals surface area contributed by atoms with Crippen molar-refractivity contribution in [3.8, 4) is 5.75 Å². The standard InChI is InChI=1S/C22H17FN2O3S/c23-16-8-6-14(7-9-16)12-24-21(27)18-19(26)20-17(10-11-29-20)25(22(18)28)13-15-4-2-1-3-5-15/h1-11,26H,12-13H2,(H,24,27). The summed E-state index contributed by atoms with van der Waals surface area (Å²) in [6.45, 7) is 0.393. The third-order valence-electron chi connectivity index (χ3n) is 4.62. The van der Waals surface area contributed by atoms with Gasteiger partial charge in [-0.05, 0) is 34.7 Å². The first kappa shape index (κ1) is 18.9. The number of aromatic nitrogens is 1. The fourth-order valence-electron chi connectivity index (χ4n) is 3.15. The van der Waals surface area contributed by atoms with Gasteiger partial charge in [-0.1, -0.05) is 42.5 Å². The number of carbonyl (C=O) groups is 1. The number of fused-ring (bicyclic) bond motifs is 1. The lowest BCUT2D eigenvalue weighted by Gasteiger charge is -2.13. The van der Waals surface area contributed by atoms with Gasteiger partial charge in [0.15, 0.2) is 5.75 Å². The van der Waals surface area contributed by atoms with Crippen LogP contribution in [0.3, 0.4) is 0 Å². The highest BCUT2D eigenvalue weighted by atomic mass is 32.1. The number of halogens is 1.